The predicted octanol–water partition coefficient (Wildman–Crippen LogP) is -1.42. The highest BCUT2D eigenvalue weighted by Crippen LogP contribution is 2.14. The Hall–Kier alpha value is -1.34. The number of hydrogen-bond donors (Lipinski definition) is 3. The molecule has 0 aromatic rings. The fourth-order valence-electron chi connectivity index (χ4n) is 1.21. The first-order valence-corrected chi connectivity index (χ1v) is 5.05. The van der Waals surface area contributed by atoms with Crippen LogP contribution in [0.1, 0.15) is 6.92 Å². The van der Waals surface area contributed by atoms with Crippen molar-refractivity contribution in [2.75, 3.05) is 32.8 Å². The minimum atomic E-state index is -0.849. The van der Waals surface area contributed by atoms with Crippen molar-refractivity contribution < 1.29 is 19.1 Å². The van der Waals surface area contributed by atoms with Gasteiger partial charge in [0.2, 0.25) is 5.91 Å². The molecule has 0 aromatic carbocycles. The summed E-state index contributed by atoms with van der Waals surface area (Å²) in [5, 5.41) is 5.60. The van der Waals surface area contributed by atoms with Crippen LogP contribution in [0.3, 0.4) is 0 Å². The molecule has 0 unspecified atom stereocenters. The highest BCUT2D eigenvalue weighted by Gasteiger charge is 2.32. The summed E-state index contributed by atoms with van der Waals surface area (Å²) in [6.45, 7) is 3.76. The van der Waals surface area contributed by atoms with Crippen molar-refractivity contribution in [3.63, 3.8) is 0 Å². The zero-order valence-corrected chi connectivity index (χ0v) is 9.25. The lowest BCUT2D eigenvalue weighted by molar-refractivity contribution is -0.135. The molecule has 1 saturated heterocycles. The van der Waals surface area contributed by atoms with Gasteiger partial charge < -0.3 is 25.8 Å². The molecular formula is C9H17N3O4. The Bertz CT molecular complexity index is 265. The van der Waals surface area contributed by atoms with Gasteiger partial charge in [0.1, 0.15) is 13.2 Å². The third-order valence-electron chi connectivity index (χ3n) is 2.22. The normalized spacial score (nSPS) is 17.3. The number of nitrogens with one attached hydrogen (secondary N) is 2. The highest BCUT2D eigenvalue weighted by molar-refractivity contribution is 5.77. The van der Waals surface area contributed by atoms with Crippen molar-refractivity contribution in [3.05, 3.63) is 0 Å². The van der Waals surface area contributed by atoms with Crippen LogP contribution >= 0.6 is 0 Å². The Balaban J connectivity index is 2.00. The molecule has 1 aliphatic rings. The van der Waals surface area contributed by atoms with Gasteiger partial charge in [-0.25, -0.2) is 4.79 Å². The molecule has 16 heavy (non-hydrogen) atoms. The molecule has 1 heterocycles. The summed E-state index contributed by atoms with van der Waals surface area (Å²) in [4.78, 5) is 21.4. The Morgan fingerprint density at radius 3 is 2.69 bits per heavy atom. The van der Waals surface area contributed by atoms with E-state index >= 15 is 0 Å². The van der Waals surface area contributed by atoms with E-state index in [9.17, 15) is 9.59 Å². The number of rotatable bonds is 6. The second-order valence-corrected chi connectivity index (χ2v) is 3.86. The maximum Gasteiger partial charge on any atom is 0.404 e. The number of primary amides is 1. The van der Waals surface area contributed by atoms with E-state index in [2.05, 4.69) is 15.4 Å². The smallest absolute Gasteiger partial charge is 0.404 e. The van der Waals surface area contributed by atoms with E-state index in [1.54, 1.807) is 0 Å². The number of carbonyl (C=O) groups excluding carboxylic acids is 2. The molecule has 7 nitrogen and oxygen atoms in total. The molecule has 1 rings (SSSR count). The summed E-state index contributed by atoms with van der Waals surface area (Å²) in [7, 11) is 0. The van der Waals surface area contributed by atoms with Gasteiger partial charge in [0.15, 0.2) is 0 Å². The van der Waals surface area contributed by atoms with Gasteiger partial charge in [-0.05, 0) is 6.92 Å². The fourth-order valence-corrected chi connectivity index (χ4v) is 1.21. The molecule has 0 aromatic heterocycles. The minimum absolute atomic E-state index is 0.00868. The van der Waals surface area contributed by atoms with Crippen LogP contribution in [0.4, 0.5) is 4.79 Å². The van der Waals surface area contributed by atoms with Crippen molar-refractivity contribution in [2.24, 2.45) is 5.73 Å². The Morgan fingerprint density at radius 1 is 1.50 bits per heavy atom. The number of nitrogens with two attached hydrogens (primary N) is 1. The van der Waals surface area contributed by atoms with Gasteiger partial charge in [0.05, 0.1) is 12.1 Å². The Kier molecular flexibility index (Phi) is 4.51. The van der Waals surface area contributed by atoms with Crippen LogP contribution in [0.5, 0.6) is 0 Å². The lowest BCUT2D eigenvalue weighted by Crippen LogP contribution is -2.59. The predicted molar refractivity (Wildman–Crippen MR) is 55.8 cm³/mol. The first-order chi connectivity index (χ1) is 7.52. The third kappa shape index (κ3) is 4.45. The maximum absolute atomic E-state index is 11.2. The van der Waals surface area contributed by atoms with Crippen LogP contribution in [0, 0.1) is 0 Å². The molecule has 1 fully saturated rings. The molecule has 0 atom stereocenters. The SMILES string of the molecule is CC1(OCC(=O)NCCOC(N)=O)CNC1. The van der Waals surface area contributed by atoms with E-state index in [1.165, 1.54) is 0 Å². The van der Waals surface area contributed by atoms with Crippen LogP contribution in [0.15, 0.2) is 0 Å². The van der Waals surface area contributed by atoms with Crippen LogP contribution in [0.2, 0.25) is 0 Å². The second kappa shape index (κ2) is 5.66. The molecule has 0 saturated carbocycles. The highest BCUT2D eigenvalue weighted by atomic mass is 16.5. The van der Waals surface area contributed by atoms with Gasteiger partial charge in [-0.1, -0.05) is 0 Å². The zero-order valence-electron chi connectivity index (χ0n) is 9.25. The van der Waals surface area contributed by atoms with Crippen molar-refractivity contribution in [2.45, 2.75) is 12.5 Å². The first kappa shape index (κ1) is 12.7. The van der Waals surface area contributed by atoms with E-state index in [-0.39, 0.29) is 31.3 Å². The monoisotopic (exact) mass is 231 g/mol. The Morgan fingerprint density at radius 2 is 2.19 bits per heavy atom. The minimum Gasteiger partial charge on any atom is -0.448 e. The number of amides is 2. The lowest BCUT2D eigenvalue weighted by Gasteiger charge is -2.38. The summed E-state index contributed by atoms with van der Waals surface area (Å²) in [6, 6.07) is 0. The summed E-state index contributed by atoms with van der Waals surface area (Å²) in [5.41, 5.74) is 4.51. The van der Waals surface area contributed by atoms with E-state index in [4.69, 9.17) is 10.5 Å². The average Bonchev–Trinajstić information content (AvgIpc) is 2.18. The third-order valence-corrected chi connectivity index (χ3v) is 2.22. The second-order valence-electron chi connectivity index (χ2n) is 3.86. The van der Waals surface area contributed by atoms with Gasteiger partial charge in [-0.15, -0.1) is 0 Å². The van der Waals surface area contributed by atoms with Crippen molar-refractivity contribution in [1.82, 2.24) is 10.6 Å². The molecule has 2 amide bonds. The molecule has 0 radical (unpaired) electrons. The standard InChI is InChI=1S/C9H17N3O4/c1-9(5-11-6-9)16-4-7(13)12-2-3-15-8(10)14/h11H,2-6H2,1H3,(H2,10,14)(H,12,13). The summed E-state index contributed by atoms with van der Waals surface area (Å²) < 4.78 is 9.84. The summed E-state index contributed by atoms with van der Waals surface area (Å²) in [5.74, 6) is -0.235. The zero-order chi connectivity index (χ0) is 12.0. The van der Waals surface area contributed by atoms with E-state index in [0.29, 0.717) is 0 Å². The quantitative estimate of drug-likeness (QED) is 0.487. The van der Waals surface area contributed by atoms with Crippen molar-refractivity contribution in [1.29, 1.82) is 0 Å². The Labute approximate surface area is 93.6 Å². The lowest BCUT2D eigenvalue weighted by atomic mass is 10.0. The molecule has 1 aliphatic heterocycles. The molecule has 0 aliphatic carbocycles. The summed E-state index contributed by atoms with van der Waals surface area (Å²) >= 11 is 0. The average molecular weight is 231 g/mol. The molecule has 4 N–H and O–H groups in total. The number of hydrogen-bond acceptors (Lipinski definition) is 5. The molecule has 7 heteroatoms. The summed E-state index contributed by atoms with van der Waals surface area (Å²) in [6.07, 6.45) is -0.849. The van der Waals surface area contributed by atoms with Gasteiger partial charge in [-0.3, -0.25) is 4.79 Å². The number of carbonyl (C=O) groups is 2. The van der Waals surface area contributed by atoms with Crippen LogP contribution in [-0.4, -0.2) is 50.4 Å². The van der Waals surface area contributed by atoms with Gasteiger partial charge in [-0.2, -0.15) is 0 Å². The van der Waals surface area contributed by atoms with Gasteiger partial charge >= 0.3 is 6.09 Å². The fraction of sp³-hybridized carbons (Fsp3) is 0.778. The molecule has 0 bridgehead atoms. The van der Waals surface area contributed by atoms with E-state index in [0.717, 1.165) is 13.1 Å². The van der Waals surface area contributed by atoms with E-state index in [1.807, 2.05) is 6.92 Å². The van der Waals surface area contributed by atoms with Crippen LogP contribution in [0.25, 0.3) is 0 Å². The van der Waals surface area contributed by atoms with Crippen molar-refractivity contribution >= 4 is 12.0 Å². The molecular weight excluding hydrogens is 214 g/mol. The van der Waals surface area contributed by atoms with E-state index < -0.39 is 6.09 Å². The topological polar surface area (TPSA) is 103 Å². The van der Waals surface area contributed by atoms with Crippen LogP contribution < -0.4 is 16.4 Å². The van der Waals surface area contributed by atoms with Crippen molar-refractivity contribution in [3.8, 4) is 0 Å². The largest absolute Gasteiger partial charge is 0.448 e. The number of ether oxygens (including phenoxy) is 2. The molecule has 92 valence electrons. The first-order valence-electron chi connectivity index (χ1n) is 5.05. The molecule has 0 spiro atoms. The maximum atomic E-state index is 11.2. The van der Waals surface area contributed by atoms with Gasteiger partial charge in [0.25, 0.3) is 0 Å². The van der Waals surface area contributed by atoms with Gasteiger partial charge in [0, 0.05) is 13.1 Å². The van der Waals surface area contributed by atoms with Crippen LogP contribution in [-0.2, 0) is 14.3 Å².